The first-order valence-electron chi connectivity index (χ1n) is 6.58. The number of piperazine rings is 1. The summed E-state index contributed by atoms with van der Waals surface area (Å²) < 4.78 is 5.02. The Labute approximate surface area is 108 Å². The summed E-state index contributed by atoms with van der Waals surface area (Å²) in [6.07, 6.45) is 0. The molecular formula is C12H23N3O3. The van der Waals surface area contributed by atoms with Crippen molar-refractivity contribution in [3.8, 4) is 0 Å². The van der Waals surface area contributed by atoms with Crippen molar-refractivity contribution in [2.24, 2.45) is 0 Å². The van der Waals surface area contributed by atoms with E-state index in [2.05, 4.69) is 5.32 Å². The zero-order valence-corrected chi connectivity index (χ0v) is 11.4. The molecule has 2 amide bonds. The van der Waals surface area contributed by atoms with Gasteiger partial charge in [0.25, 0.3) is 0 Å². The van der Waals surface area contributed by atoms with Gasteiger partial charge in [0.2, 0.25) is 0 Å². The summed E-state index contributed by atoms with van der Waals surface area (Å²) in [5.41, 5.74) is 0. The number of hydrogen-bond acceptors (Lipinski definition) is 4. The van der Waals surface area contributed by atoms with Crippen molar-refractivity contribution >= 4 is 12.0 Å². The molecule has 0 aromatic heterocycles. The Hall–Kier alpha value is -1.30. The molecule has 1 fully saturated rings. The maximum absolute atomic E-state index is 12.3. The number of nitrogens with zero attached hydrogens (tertiary/aromatic N) is 2. The van der Waals surface area contributed by atoms with E-state index in [4.69, 9.17) is 4.74 Å². The van der Waals surface area contributed by atoms with E-state index >= 15 is 0 Å². The van der Waals surface area contributed by atoms with Crippen LogP contribution in [0.5, 0.6) is 0 Å². The first-order valence-corrected chi connectivity index (χ1v) is 6.58. The number of carbonyl (C=O) groups is 2. The van der Waals surface area contributed by atoms with Gasteiger partial charge in [0, 0.05) is 32.7 Å². The molecule has 0 spiro atoms. The molecule has 104 valence electrons. The van der Waals surface area contributed by atoms with Crippen molar-refractivity contribution in [2.75, 3.05) is 39.3 Å². The lowest BCUT2D eigenvalue weighted by molar-refractivity contribution is -0.149. The molecule has 0 aliphatic carbocycles. The van der Waals surface area contributed by atoms with Gasteiger partial charge in [-0.25, -0.2) is 9.59 Å². The molecule has 6 nitrogen and oxygen atoms in total. The second kappa shape index (κ2) is 7.20. The smallest absolute Gasteiger partial charge is 0.330 e. The molecule has 0 aromatic rings. The maximum atomic E-state index is 12.3. The predicted molar refractivity (Wildman–Crippen MR) is 68.3 cm³/mol. The van der Waals surface area contributed by atoms with E-state index < -0.39 is 6.04 Å². The van der Waals surface area contributed by atoms with E-state index in [0.717, 1.165) is 0 Å². The zero-order valence-electron chi connectivity index (χ0n) is 11.4. The Balaban J connectivity index is 2.75. The molecule has 0 aromatic carbocycles. The lowest BCUT2D eigenvalue weighted by atomic mass is 10.2. The molecule has 1 aliphatic heterocycles. The predicted octanol–water partition coefficient (Wildman–Crippen LogP) is 0.285. The van der Waals surface area contributed by atoms with Crippen molar-refractivity contribution in [1.82, 2.24) is 15.1 Å². The monoisotopic (exact) mass is 257 g/mol. The summed E-state index contributed by atoms with van der Waals surface area (Å²) in [5, 5.41) is 3.12. The molecule has 0 bridgehead atoms. The highest BCUT2D eigenvalue weighted by molar-refractivity contribution is 5.84. The molecular weight excluding hydrogens is 234 g/mol. The van der Waals surface area contributed by atoms with Crippen LogP contribution in [-0.2, 0) is 9.53 Å². The standard InChI is InChI=1S/C12H23N3O3/c1-4-14(5-2)12(17)15-8-7-13-9-10(15)11(16)18-6-3/h10,13H,4-9H2,1-3H3. The van der Waals surface area contributed by atoms with Gasteiger partial charge in [0.05, 0.1) is 6.61 Å². The van der Waals surface area contributed by atoms with Gasteiger partial charge in [-0.2, -0.15) is 0 Å². The third-order valence-corrected chi connectivity index (χ3v) is 3.08. The number of ether oxygens (including phenoxy) is 1. The molecule has 1 rings (SSSR count). The van der Waals surface area contributed by atoms with Gasteiger partial charge in [-0.1, -0.05) is 0 Å². The number of carbonyl (C=O) groups excluding carboxylic acids is 2. The van der Waals surface area contributed by atoms with Crippen LogP contribution in [0.1, 0.15) is 20.8 Å². The van der Waals surface area contributed by atoms with Gasteiger partial charge < -0.3 is 19.9 Å². The van der Waals surface area contributed by atoms with Gasteiger partial charge in [0.15, 0.2) is 0 Å². The minimum atomic E-state index is -0.508. The molecule has 6 heteroatoms. The van der Waals surface area contributed by atoms with Crippen molar-refractivity contribution in [3.05, 3.63) is 0 Å². The highest BCUT2D eigenvalue weighted by Gasteiger charge is 2.34. The third kappa shape index (κ3) is 3.35. The summed E-state index contributed by atoms with van der Waals surface area (Å²) in [7, 11) is 0. The summed E-state index contributed by atoms with van der Waals surface area (Å²) >= 11 is 0. The highest BCUT2D eigenvalue weighted by atomic mass is 16.5. The largest absolute Gasteiger partial charge is 0.464 e. The van der Waals surface area contributed by atoms with Crippen LogP contribution in [0.2, 0.25) is 0 Å². The maximum Gasteiger partial charge on any atom is 0.330 e. The van der Waals surface area contributed by atoms with E-state index in [1.165, 1.54) is 0 Å². The average Bonchev–Trinajstić information content (AvgIpc) is 2.40. The Morgan fingerprint density at radius 3 is 2.56 bits per heavy atom. The van der Waals surface area contributed by atoms with E-state index in [9.17, 15) is 9.59 Å². The van der Waals surface area contributed by atoms with E-state index in [-0.39, 0.29) is 12.0 Å². The molecule has 1 atom stereocenters. The topological polar surface area (TPSA) is 61.9 Å². The minimum Gasteiger partial charge on any atom is -0.464 e. The van der Waals surface area contributed by atoms with Gasteiger partial charge >= 0.3 is 12.0 Å². The zero-order chi connectivity index (χ0) is 13.5. The second-order valence-corrected chi connectivity index (χ2v) is 4.12. The van der Waals surface area contributed by atoms with Crippen LogP contribution in [0.4, 0.5) is 4.79 Å². The van der Waals surface area contributed by atoms with Crippen molar-refractivity contribution in [3.63, 3.8) is 0 Å². The van der Waals surface area contributed by atoms with Crippen molar-refractivity contribution in [1.29, 1.82) is 0 Å². The number of urea groups is 1. The Bertz CT molecular complexity index is 292. The number of esters is 1. The van der Waals surface area contributed by atoms with Gasteiger partial charge in [-0.3, -0.25) is 0 Å². The molecule has 1 saturated heterocycles. The summed E-state index contributed by atoms with van der Waals surface area (Å²) in [4.78, 5) is 27.5. The minimum absolute atomic E-state index is 0.0837. The molecule has 1 heterocycles. The quantitative estimate of drug-likeness (QED) is 0.735. The lowest BCUT2D eigenvalue weighted by Crippen LogP contribution is -2.60. The van der Waals surface area contributed by atoms with Crippen LogP contribution < -0.4 is 5.32 Å². The van der Waals surface area contributed by atoms with Crippen molar-refractivity contribution in [2.45, 2.75) is 26.8 Å². The van der Waals surface area contributed by atoms with Crippen LogP contribution in [0.15, 0.2) is 0 Å². The normalized spacial score (nSPS) is 19.5. The van der Waals surface area contributed by atoms with Crippen LogP contribution in [0, 0.1) is 0 Å². The molecule has 0 saturated carbocycles. The molecule has 1 unspecified atom stereocenters. The van der Waals surface area contributed by atoms with Crippen LogP contribution >= 0.6 is 0 Å². The van der Waals surface area contributed by atoms with Crippen molar-refractivity contribution < 1.29 is 14.3 Å². The average molecular weight is 257 g/mol. The Morgan fingerprint density at radius 1 is 1.33 bits per heavy atom. The van der Waals surface area contributed by atoms with E-state index in [1.54, 1.807) is 16.7 Å². The van der Waals surface area contributed by atoms with Crippen LogP contribution in [-0.4, -0.2) is 67.2 Å². The summed E-state index contributed by atoms with van der Waals surface area (Å²) in [5.74, 6) is -0.329. The second-order valence-electron chi connectivity index (χ2n) is 4.12. The van der Waals surface area contributed by atoms with E-state index in [0.29, 0.717) is 39.3 Å². The molecule has 1 aliphatic rings. The Morgan fingerprint density at radius 2 is 2.00 bits per heavy atom. The fourth-order valence-corrected chi connectivity index (χ4v) is 2.06. The summed E-state index contributed by atoms with van der Waals surface area (Å²) in [6.45, 7) is 8.98. The fraction of sp³-hybridized carbons (Fsp3) is 0.833. The fourth-order valence-electron chi connectivity index (χ4n) is 2.06. The van der Waals surface area contributed by atoms with E-state index in [1.807, 2.05) is 13.8 Å². The third-order valence-electron chi connectivity index (χ3n) is 3.08. The molecule has 1 N–H and O–H groups in total. The first-order chi connectivity index (χ1) is 8.65. The lowest BCUT2D eigenvalue weighted by Gasteiger charge is -2.37. The molecule has 18 heavy (non-hydrogen) atoms. The molecule has 0 radical (unpaired) electrons. The number of nitrogens with one attached hydrogen (secondary N) is 1. The first kappa shape index (κ1) is 14.8. The van der Waals surface area contributed by atoms with Gasteiger partial charge in [-0.05, 0) is 20.8 Å². The van der Waals surface area contributed by atoms with Crippen LogP contribution in [0.25, 0.3) is 0 Å². The van der Waals surface area contributed by atoms with Gasteiger partial charge in [-0.15, -0.1) is 0 Å². The number of hydrogen-bond donors (Lipinski definition) is 1. The Kier molecular flexibility index (Phi) is 5.91. The van der Waals surface area contributed by atoms with Crippen LogP contribution in [0.3, 0.4) is 0 Å². The summed E-state index contributed by atoms with van der Waals surface area (Å²) in [6, 6.07) is -0.591. The number of amides is 2. The highest BCUT2D eigenvalue weighted by Crippen LogP contribution is 2.09. The number of rotatable bonds is 4. The SMILES string of the molecule is CCOC(=O)C1CNCCN1C(=O)N(CC)CC. The van der Waals surface area contributed by atoms with Gasteiger partial charge in [0.1, 0.15) is 6.04 Å².